The summed E-state index contributed by atoms with van der Waals surface area (Å²) in [5.74, 6) is -0.302. The van der Waals surface area contributed by atoms with Crippen molar-refractivity contribution in [3.63, 3.8) is 0 Å². The van der Waals surface area contributed by atoms with E-state index in [1.807, 2.05) is 0 Å². The zero-order valence-corrected chi connectivity index (χ0v) is 19.1. The molecule has 0 radical (unpaired) electrons. The predicted molar refractivity (Wildman–Crippen MR) is 113 cm³/mol. The van der Waals surface area contributed by atoms with Gasteiger partial charge in [-0.2, -0.15) is 8.42 Å². The van der Waals surface area contributed by atoms with Crippen molar-refractivity contribution in [1.29, 1.82) is 0 Å². The van der Waals surface area contributed by atoms with E-state index in [1.165, 1.54) is 75.3 Å². The standard InChI is InChI=1S/C19H38NO2.CH4O4S/c1-5-9-14-20(15-10-6-2,16-11-7-3)17-12-13-18-22-19(21)8-4;1-5-6(2,3)4/h8H,4-7,9-18H2,1-3H3;1H3,(H,2,3,4)/q+1;. The van der Waals surface area contributed by atoms with E-state index in [0.717, 1.165) is 20.0 Å². The number of quaternary nitrogens is 1. The van der Waals surface area contributed by atoms with E-state index in [4.69, 9.17) is 9.29 Å². The molecular weight excluding hydrogens is 382 g/mol. The van der Waals surface area contributed by atoms with Crippen LogP contribution < -0.4 is 0 Å². The van der Waals surface area contributed by atoms with E-state index in [-0.39, 0.29) is 5.97 Å². The van der Waals surface area contributed by atoms with Gasteiger partial charge in [0, 0.05) is 6.08 Å². The average molecular weight is 425 g/mol. The minimum absolute atomic E-state index is 0.302. The summed E-state index contributed by atoms with van der Waals surface area (Å²) in [5.41, 5.74) is 0. The van der Waals surface area contributed by atoms with Gasteiger partial charge in [0.05, 0.1) is 39.9 Å². The van der Waals surface area contributed by atoms with Crippen LogP contribution in [0, 0.1) is 0 Å². The quantitative estimate of drug-likeness (QED) is 0.132. The maximum atomic E-state index is 11.1. The number of carbonyl (C=O) groups is 1. The Balaban J connectivity index is 0. The Kier molecular flexibility index (Phi) is 18.9. The summed E-state index contributed by atoms with van der Waals surface area (Å²) in [6, 6.07) is 0. The van der Waals surface area contributed by atoms with E-state index >= 15 is 0 Å². The maximum Gasteiger partial charge on any atom is 0.397 e. The van der Waals surface area contributed by atoms with Crippen molar-refractivity contribution in [3.8, 4) is 0 Å². The molecule has 0 bridgehead atoms. The van der Waals surface area contributed by atoms with Gasteiger partial charge in [-0.15, -0.1) is 0 Å². The van der Waals surface area contributed by atoms with E-state index in [2.05, 4.69) is 31.5 Å². The van der Waals surface area contributed by atoms with Crippen molar-refractivity contribution in [2.24, 2.45) is 0 Å². The van der Waals surface area contributed by atoms with Gasteiger partial charge < -0.3 is 9.22 Å². The Morgan fingerprint density at radius 3 is 1.64 bits per heavy atom. The number of hydrogen-bond donors (Lipinski definition) is 1. The Morgan fingerprint density at radius 2 is 1.32 bits per heavy atom. The Labute approximate surface area is 172 Å². The van der Waals surface area contributed by atoms with Gasteiger partial charge in [-0.1, -0.05) is 46.6 Å². The molecule has 0 fully saturated rings. The average Bonchev–Trinajstić information content (AvgIpc) is 2.68. The number of esters is 1. The van der Waals surface area contributed by atoms with Crippen LogP contribution in [-0.4, -0.2) is 63.3 Å². The first-order chi connectivity index (χ1) is 13.2. The van der Waals surface area contributed by atoms with Crippen LogP contribution in [0.1, 0.15) is 72.1 Å². The first kappa shape index (κ1) is 29.2. The lowest BCUT2D eigenvalue weighted by Gasteiger charge is -2.39. The van der Waals surface area contributed by atoms with Crippen molar-refractivity contribution in [2.75, 3.05) is 39.9 Å². The molecule has 1 N–H and O–H groups in total. The number of ether oxygens (including phenoxy) is 1. The van der Waals surface area contributed by atoms with E-state index in [9.17, 15) is 13.2 Å². The molecule has 0 aliphatic rings. The second-order valence-corrected chi connectivity index (χ2v) is 8.16. The van der Waals surface area contributed by atoms with Crippen molar-refractivity contribution >= 4 is 16.4 Å². The highest BCUT2D eigenvalue weighted by atomic mass is 32.3. The van der Waals surface area contributed by atoms with Gasteiger partial charge in [0.15, 0.2) is 0 Å². The molecule has 0 spiro atoms. The van der Waals surface area contributed by atoms with Gasteiger partial charge in [-0.25, -0.2) is 4.79 Å². The largest absolute Gasteiger partial charge is 0.463 e. The van der Waals surface area contributed by atoms with Crippen molar-refractivity contribution < 1.29 is 31.2 Å². The zero-order valence-electron chi connectivity index (χ0n) is 18.3. The van der Waals surface area contributed by atoms with Crippen LogP contribution in [0.4, 0.5) is 0 Å². The molecule has 0 heterocycles. The van der Waals surface area contributed by atoms with Crippen molar-refractivity contribution in [3.05, 3.63) is 12.7 Å². The lowest BCUT2D eigenvalue weighted by atomic mass is 10.1. The van der Waals surface area contributed by atoms with Gasteiger partial charge in [-0.3, -0.25) is 8.74 Å². The van der Waals surface area contributed by atoms with Crippen LogP contribution in [0.25, 0.3) is 0 Å². The van der Waals surface area contributed by atoms with Crippen LogP contribution in [-0.2, 0) is 24.1 Å². The first-order valence-electron chi connectivity index (χ1n) is 10.4. The van der Waals surface area contributed by atoms with Crippen LogP contribution in [0.15, 0.2) is 12.7 Å². The van der Waals surface area contributed by atoms with Crippen molar-refractivity contribution in [2.45, 2.75) is 72.1 Å². The van der Waals surface area contributed by atoms with Crippen LogP contribution in [0.2, 0.25) is 0 Å². The third-order valence-corrected chi connectivity index (χ3v) is 5.03. The fraction of sp³-hybridized carbons (Fsp3) is 0.850. The molecule has 0 unspecified atom stereocenters. The number of rotatable bonds is 16. The molecule has 0 aliphatic heterocycles. The number of carbonyl (C=O) groups excluding carboxylic acids is 1. The lowest BCUT2D eigenvalue weighted by molar-refractivity contribution is -0.929. The predicted octanol–water partition coefficient (Wildman–Crippen LogP) is 4.15. The molecule has 0 aliphatic carbocycles. The van der Waals surface area contributed by atoms with Gasteiger partial charge in [-0.05, 0) is 32.1 Å². The summed E-state index contributed by atoms with van der Waals surface area (Å²) >= 11 is 0. The van der Waals surface area contributed by atoms with Crippen LogP contribution in [0.5, 0.6) is 0 Å². The molecule has 0 aromatic carbocycles. The molecule has 0 aromatic heterocycles. The fourth-order valence-corrected chi connectivity index (χ4v) is 2.93. The Morgan fingerprint density at radius 1 is 0.929 bits per heavy atom. The third kappa shape index (κ3) is 18.4. The first-order valence-corrected chi connectivity index (χ1v) is 11.7. The van der Waals surface area contributed by atoms with Gasteiger partial charge in [0.2, 0.25) is 0 Å². The molecule has 0 rings (SSSR count). The smallest absolute Gasteiger partial charge is 0.397 e. The molecule has 0 amide bonds. The summed E-state index contributed by atoms with van der Waals surface area (Å²) in [5, 5.41) is 0. The van der Waals surface area contributed by atoms with E-state index in [1.54, 1.807) is 0 Å². The highest BCUT2D eigenvalue weighted by Crippen LogP contribution is 2.16. The maximum absolute atomic E-state index is 11.1. The molecule has 0 atom stereocenters. The zero-order chi connectivity index (χ0) is 21.9. The van der Waals surface area contributed by atoms with Gasteiger partial charge >= 0.3 is 16.4 Å². The second kappa shape index (κ2) is 18.1. The highest BCUT2D eigenvalue weighted by Gasteiger charge is 2.25. The highest BCUT2D eigenvalue weighted by molar-refractivity contribution is 7.80. The molecule has 7 nitrogen and oxygen atoms in total. The molecule has 0 saturated carbocycles. The SMILES string of the molecule is C=CC(=O)OCCCC[N+](CCCC)(CCCC)CCCC.COS(=O)(=O)O. The molecule has 168 valence electrons. The van der Waals surface area contributed by atoms with Crippen LogP contribution in [0.3, 0.4) is 0 Å². The molecule has 0 aromatic rings. The Hall–Kier alpha value is -0.960. The summed E-state index contributed by atoms with van der Waals surface area (Å²) in [6.45, 7) is 15.9. The van der Waals surface area contributed by atoms with Crippen LogP contribution >= 0.6 is 0 Å². The molecule has 0 saturated heterocycles. The molecule has 8 heteroatoms. The third-order valence-electron chi connectivity index (χ3n) is 4.61. The number of unbranched alkanes of at least 4 members (excludes halogenated alkanes) is 4. The topological polar surface area (TPSA) is 89.9 Å². The van der Waals surface area contributed by atoms with E-state index < -0.39 is 10.4 Å². The summed E-state index contributed by atoms with van der Waals surface area (Å²) in [4.78, 5) is 11.1. The summed E-state index contributed by atoms with van der Waals surface area (Å²) in [6.07, 6.45) is 11.1. The van der Waals surface area contributed by atoms with Gasteiger partial charge in [0.1, 0.15) is 0 Å². The summed E-state index contributed by atoms with van der Waals surface area (Å²) in [7, 11) is -3.29. The fourth-order valence-electron chi connectivity index (χ4n) is 2.93. The number of nitrogens with zero attached hydrogens (tertiary/aromatic N) is 1. The second-order valence-electron chi connectivity index (χ2n) is 6.97. The lowest BCUT2D eigenvalue weighted by Crippen LogP contribution is -2.50. The van der Waals surface area contributed by atoms with Gasteiger partial charge in [0.25, 0.3) is 0 Å². The Bertz CT molecular complexity index is 471. The normalized spacial score (nSPS) is 11.5. The van der Waals surface area contributed by atoms with Crippen molar-refractivity contribution in [1.82, 2.24) is 0 Å². The minimum Gasteiger partial charge on any atom is -0.463 e. The molecular formula is C20H42NO6S+. The molecule has 28 heavy (non-hydrogen) atoms. The summed E-state index contributed by atoms with van der Waals surface area (Å²) < 4.78 is 36.1. The monoisotopic (exact) mass is 424 g/mol. The number of hydrogen-bond acceptors (Lipinski definition) is 5. The van der Waals surface area contributed by atoms with E-state index in [0.29, 0.717) is 6.61 Å². The minimum atomic E-state index is -4.16.